The molecule has 1 aromatic rings. The zero-order valence-corrected chi connectivity index (χ0v) is 9.58. The van der Waals surface area contributed by atoms with E-state index in [0.29, 0.717) is 0 Å². The highest BCUT2D eigenvalue weighted by Crippen LogP contribution is 2.53. The minimum absolute atomic E-state index is 0.139. The number of rotatable bonds is 4. The van der Waals surface area contributed by atoms with E-state index in [2.05, 4.69) is 0 Å². The highest BCUT2D eigenvalue weighted by atomic mass is 16.5. The Balaban J connectivity index is 1.70. The first-order chi connectivity index (χ1) is 8.24. The molecule has 3 heteroatoms. The molecule has 0 heterocycles. The molecule has 2 fully saturated rings. The van der Waals surface area contributed by atoms with E-state index in [4.69, 9.17) is 4.74 Å². The molecule has 2 aliphatic rings. The van der Waals surface area contributed by atoms with Crippen molar-refractivity contribution in [1.82, 2.24) is 0 Å². The zero-order chi connectivity index (χ0) is 11.8. The summed E-state index contributed by atoms with van der Waals surface area (Å²) in [5.74, 6) is 0.729. The summed E-state index contributed by atoms with van der Waals surface area (Å²) in [5, 5.41) is 9.24. The largest absolute Gasteiger partial charge is 0.479 e. The van der Waals surface area contributed by atoms with Crippen LogP contribution in [0.15, 0.2) is 30.3 Å². The number of carboxylic acid groups (broad SMARTS) is 1. The number of carboxylic acids is 1. The van der Waals surface area contributed by atoms with E-state index in [1.165, 1.54) is 6.42 Å². The van der Waals surface area contributed by atoms with Crippen molar-refractivity contribution in [2.45, 2.75) is 31.5 Å². The summed E-state index contributed by atoms with van der Waals surface area (Å²) in [6.07, 6.45) is 2.74. The fourth-order valence-corrected chi connectivity index (χ4v) is 2.87. The lowest BCUT2D eigenvalue weighted by Gasteiger charge is -2.20. The Bertz CT molecular complexity index is 405. The maximum Gasteiger partial charge on any atom is 0.337 e. The smallest absolute Gasteiger partial charge is 0.337 e. The summed E-state index contributed by atoms with van der Waals surface area (Å²) >= 11 is 0. The van der Waals surface area contributed by atoms with Gasteiger partial charge in [0, 0.05) is 0 Å². The van der Waals surface area contributed by atoms with Crippen LogP contribution in [0.25, 0.3) is 0 Å². The number of aliphatic carboxylic acids is 1. The minimum atomic E-state index is -0.892. The zero-order valence-electron chi connectivity index (χ0n) is 9.58. The molecule has 0 aromatic heterocycles. The predicted octanol–water partition coefficient (Wildman–Crippen LogP) is 2.63. The second-order valence-corrected chi connectivity index (χ2v) is 5.11. The molecule has 3 nitrogen and oxygen atoms in total. The molecular formula is C14H16O3. The molecule has 17 heavy (non-hydrogen) atoms. The van der Waals surface area contributed by atoms with Gasteiger partial charge in [0.05, 0.1) is 6.10 Å². The fraction of sp³-hybridized carbons (Fsp3) is 0.500. The van der Waals surface area contributed by atoms with E-state index in [9.17, 15) is 9.90 Å². The quantitative estimate of drug-likeness (QED) is 0.868. The Morgan fingerprint density at radius 2 is 1.82 bits per heavy atom. The van der Waals surface area contributed by atoms with Crippen molar-refractivity contribution in [3.8, 4) is 0 Å². The lowest BCUT2D eigenvalue weighted by atomic mass is 10.1. The maximum absolute atomic E-state index is 11.3. The van der Waals surface area contributed by atoms with Crippen LogP contribution in [0, 0.1) is 11.8 Å². The van der Waals surface area contributed by atoms with Crippen LogP contribution in [0.2, 0.25) is 0 Å². The monoisotopic (exact) mass is 232 g/mol. The third-order valence-corrected chi connectivity index (χ3v) is 3.86. The molecule has 0 amide bonds. The van der Waals surface area contributed by atoms with Gasteiger partial charge in [-0.3, -0.25) is 0 Å². The summed E-state index contributed by atoms with van der Waals surface area (Å²) in [6.45, 7) is 0. The number of ether oxygens (including phenoxy) is 1. The van der Waals surface area contributed by atoms with Crippen molar-refractivity contribution >= 4 is 5.97 Å². The number of hydrogen-bond donors (Lipinski definition) is 1. The Kier molecular flexibility index (Phi) is 2.63. The van der Waals surface area contributed by atoms with Gasteiger partial charge >= 0.3 is 5.97 Å². The molecule has 0 spiro atoms. The fourth-order valence-electron chi connectivity index (χ4n) is 2.87. The third kappa shape index (κ3) is 2.20. The van der Waals surface area contributed by atoms with E-state index in [1.54, 1.807) is 0 Å². The van der Waals surface area contributed by atoms with Crippen molar-refractivity contribution in [2.24, 2.45) is 11.8 Å². The second-order valence-electron chi connectivity index (χ2n) is 5.11. The molecule has 3 atom stereocenters. The third-order valence-electron chi connectivity index (χ3n) is 3.86. The number of carbonyl (C=O) groups is 1. The lowest BCUT2D eigenvalue weighted by Crippen LogP contribution is -2.21. The van der Waals surface area contributed by atoms with Crippen molar-refractivity contribution in [3.63, 3.8) is 0 Å². The highest BCUT2D eigenvalue weighted by Gasteiger charge is 2.47. The van der Waals surface area contributed by atoms with Crippen molar-refractivity contribution in [3.05, 3.63) is 35.9 Å². The lowest BCUT2D eigenvalue weighted by molar-refractivity contribution is -0.155. The van der Waals surface area contributed by atoms with Crippen molar-refractivity contribution in [2.75, 3.05) is 0 Å². The van der Waals surface area contributed by atoms with Gasteiger partial charge in [-0.05, 0) is 36.7 Å². The van der Waals surface area contributed by atoms with E-state index in [-0.39, 0.29) is 6.10 Å². The topological polar surface area (TPSA) is 46.5 Å². The van der Waals surface area contributed by atoms with Crippen LogP contribution < -0.4 is 0 Å². The highest BCUT2D eigenvalue weighted by molar-refractivity contribution is 5.74. The molecule has 1 aromatic carbocycles. The minimum Gasteiger partial charge on any atom is -0.479 e. The van der Waals surface area contributed by atoms with Crippen LogP contribution in [0.5, 0.6) is 0 Å². The van der Waals surface area contributed by atoms with Gasteiger partial charge in [0.1, 0.15) is 0 Å². The average Bonchev–Trinajstić information content (AvgIpc) is 2.94. The summed E-state index contributed by atoms with van der Waals surface area (Å²) in [4.78, 5) is 11.3. The Morgan fingerprint density at radius 1 is 1.18 bits per heavy atom. The summed E-state index contributed by atoms with van der Waals surface area (Å²) < 4.78 is 5.76. The first-order valence-corrected chi connectivity index (χ1v) is 6.17. The van der Waals surface area contributed by atoms with Crippen LogP contribution in [0.3, 0.4) is 0 Å². The van der Waals surface area contributed by atoms with Crippen LogP contribution in [0.4, 0.5) is 0 Å². The van der Waals surface area contributed by atoms with Crippen LogP contribution >= 0.6 is 0 Å². The van der Waals surface area contributed by atoms with Crippen molar-refractivity contribution < 1.29 is 14.6 Å². The van der Waals surface area contributed by atoms with Crippen LogP contribution in [-0.2, 0) is 9.53 Å². The molecule has 0 radical (unpaired) electrons. The van der Waals surface area contributed by atoms with Gasteiger partial charge in [-0.15, -0.1) is 0 Å². The molecule has 0 bridgehead atoms. The van der Waals surface area contributed by atoms with E-state index < -0.39 is 12.1 Å². The van der Waals surface area contributed by atoms with E-state index in [0.717, 1.165) is 30.2 Å². The van der Waals surface area contributed by atoms with Crippen LogP contribution in [0.1, 0.15) is 30.9 Å². The number of fused-ring (bicyclic) bond motifs is 1. The van der Waals surface area contributed by atoms with Gasteiger partial charge in [-0.1, -0.05) is 30.3 Å². The van der Waals surface area contributed by atoms with Gasteiger partial charge in [0.15, 0.2) is 6.10 Å². The van der Waals surface area contributed by atoms with Gasteiger partial charge in [0.25, 0.3) is 0 Å². The number of benzene rings is 1. The second kappa shape index (κ2) is 4.15. The van der Waals surface area contributed by atoms with E-state index >= 15 is 0 Å². The standard InChI is InChI=1S/C14H16O3/c15-14(16)13(9-4-2-1-3-5-9)17-12-7-10-6-11(10)8-12/h1-5,10-13H,6-8H2,(H,15,16). The molecule has 2 saturated carbocycles. The van der Waals surface area contributed by atoms with Crippen LogP contribution in [-0.4, -0.2) is 17.2 Å². The number of hydrogen-bond acceptors (Lipinski definition) is 2. The Labute approximate surface area is 100 Å². The maximum atomic E-state index is 11.3. The molecule has 3 rings (SSSR count). The SMILES string of the molecule is O=C(O)C(OC1CC2CC2C1)c1ccccc1. The van der Waals surface area contributed by atoms with Gasteiger partial charge in [-0.25, -0.2) is 4.79 Å². The molecule has 3 unspecified atom stereocenters. The summed E-state index contributed by atoms with van der Waals surface area (Å²) in [7, 11) is 0. The summed E-state index contributed by atoms with van der Waals surface area (Å²) in [6, 6.07) is 9.21. The first kappa shape index (κ1) is 10.8. The predicted molar refractivity (Wildman–Crippen MR) is 62.5 cm³/mol. The Morgan fingerprint density at radius 3 is 2.41 bits per heavy atom. The van der Waals surface area contributed by atoms with Gasteiger partial charge in [0.2, 0.25) is 0 Å². The summed E-state index contributed by atoms with van der Waals surface area (Å²) in [5.41, 5.74) is 0.737. The molecule has 90 valence electrons. The normalized spacial score (nSPS) is 31.9. The molecule has 1 N–H and O–H groups in total. The molecule has 2 aliphatic carbocycles. The molecular weight excluding hydrogens is 216 g/mol. The average molecular weight is 232 g/mol. The molecule has 0 saturated heterocycles. The molecule has 0 aliphatic heterocycles. The van der Waals surface area contributed by atoms with Gasteiger partial charge in [-0.2, -0.15) is 0 Å². The first-order valence-electron chi connectivity index (χ1n) is 6.17. The van der Waals surface area contributed by atoms with Crippen molar-refractivity contribution in [1.29, 1.82) is 0 Å². The van der Waals surface area contributed by atoms with Gasteiger partial charge < -0.3 is 9.84 Å². The Hall–Kier alpha value is -1.35. The van der Waals surface area contributed by atoms with E-state index in [1.807, 2.05) is 30.3 Å².